The molecular weight excluding hydrogens is 372 g/mol. The Bertz CT molecular complexity index is 881. The van der Waals surface area contributed by atoms with Crippen LogP contribution in [0.3, 0.4) is 0 Å². The molecule has 9 nitrogen and oxygen atoms in total. The smallest absolute Gasteiger partial charge is 0.244 e. The first-order valence-electron chi connectivity index (χ1n) is 10.1. The number of hydrogen-bond donors (Lipinski definition) is 1. The second-order valence-corrected chi connectivity index (χ2v) is 8.39. The van der Waals surface area contributed by atoms with Crippen LogP contribution in [-0.2, 0) is 27.3 Å². The second-order valence-electron chi connectivity index (χ2n) is 8.39. The van der Waals surface area contributed by atoms with Crippen LogP contribution in [0.1, 0.15) is 24.8 Å². The number of carbonyl (C=O) groups excluding carboxylic acids is 2. The molecule has 1 aromatic heterocycles. The van der Waals surface area contributed by atoms with E-state index in [2.05, 4.69) is 20.8 Å². The summed E-state index contributed by atoms with van der Waals surface area (Å²) in [5.74, 6) is -0.0639. The van der Waals surface area contributed by atoms with Gasteiger partial charge in [-0.25, -0.2) is 4.68 Å². The third-order valence-corrected chi connectivity index (χ3v) is 6.32. The highest BCUT2D eigenvalue weighted by Crippen LogP contribution is 2.38. The number of hydrogen-bond acceptors (Lipinski definition) is 6. The van der Waals surface area contributed by atoms with Gasteiger partial charge in [0.1, 0.15) is 12.9 Å². The molecular formula is C20H24N6O3. The number of benzene rings is 1. The maximum atomic E-state index is 13.3. The first-order chi connectivity index (χ1) is 14.1. The van der Waals surface area contributed by atoms with Crippen LogP contribution < -0.4 is 5.32 Å². The molecule has 4 heterocycles. The van der Waals surface area contributed by atoms with E-state index in [1.165, 1.54) is 11.0 Å². The largest absolute Gasteiger partial charge is 0.373 e. The first kappa shape index (κ1) is 18.2. The Balaban J connectivity index is 1.28. The van der Waals surface area contributed by atoms with Gasteiger partial charge < -0.3 is 15.0 Å². The van der Waals surface area contributed by atoms with Crippen molar-refractivity contribution in [2.45, 2.75) is 50.5 Å². The number of ether oxygens (including phenoxy) is 1. The lowest BCUT2D eigenvalue weighted by molar-refractivity contribution is -0.154. The highest BCUT2D eigenvalue weighted by molar-refractivity contribution is 5.88. The van der Waals surface area contributed by atoms with Gasteiger partial charge in [0.25, 0.3) is 0 Å². The molecule has 0 aliphatic carbocycles. The average Bonchev–Trinajstić information content (AvgIpc) is 3.43. The molecule has 2 bridgehead atoms. The van der Waals surface area contributed by atoms with Gasteiger partial charge in [-0.3, -0.25) is 9.59 Å². The molecule has 3 aliphatic heterocycles. The van der Waals surface area contributed by atoms with Crippen molar-refractivity contribution in [3.05, 3.63) is 42.2 Å². The third kappa shape index (κ3) is 3.50. The van der Waals surface area contributed by atoms with Crippen molar-refractivity contribution in [1.82, 2.24) is 30.4 Å². The summed E-state index contributed by atoms with van der Waals surface area (Å²) < 4.78 is 7.28. The maximum absolute atomic E-state index is 13.3. The Morgan fingerprint density at radius 1 is 1.21 bits per heavy atom. The van der Waals surface area contributed by atoms with Gasteiger partial charge >= 0.3 is 0 Å². The Kier molecular flexibility index (Phi) is 4.54. The van der Waals surface area contributed by atoms with Crippen LogP contribution in [0.25, 0.3) is 0 Å². The van der Waals surface area contributed by atoms with Crippen LogP contribution >= 0.6 is 0 Å². The Morgan fingerprint density at radius 2 is 2.03 bits per heavy atom. The molecule has 1 N–H and O–H groups in total. The van der Waals surface area contributed by atoms with Crippen LogP contribution in [0.5, 0.6) is 0 Å². The van der Waals surface area contributed by atoms with Crippen molar-refractivity contribution in [3.8, 4) is 0 Å². The Morgan fingerprint density at radius 3 is 2.69 bits per heavy atom. The zero-order valence-electron chi connectivity index (χ0n) is 16.1. The lowest BCUT2D eigenvalue weighted by atomic mass is 9.73. The highest BCUT2D eigenvalue weighted by atomic mass is 16.5. The number of amides is 2. The standard InChI is InChI=1S/C20H24N6O3/c27-18(10-26-13-21-23-24-26)25-11-20(12-25,9-14-4-2-1-3-5-14)19(28)22-16-8-15-6-7-17(16)29-15/h1-5,13,15-17H,6-12H2,(H,22,28)/t15-,16+,17+/m0/s1. The molecule has 2 amide bonds. The van der Waals surface area contributed by atoms with Crippen molar-refractivity contribution in [1.29, 1.82) is 0 Å². The van der Waals surface area contributed by atoms with Crippen molar-refractivity contribution in [3.63, 3.8) is 0 Å². The lowest BCUT2D eigenvalue weighted by Crippen LogP contribution is -2.67. The van der Waals surface area contributed by atoms with Gasteiger partial charge in [-0.15, -0.1) is 5.10 Å². The summed E-state index contributed by atoms with van der Waals surface area (Å²) in [6, 6.07) is 10.1. The Hall–Kier alpha value is -2.81. The molecule has 152 valence electrons. The summed E-state index contributed by atoms with van der Waals surface area (Å²) in [5, 5.41) is 14.1. The number of tetrazole rings is 1. The van der Waals surface area contributed by atoms with Gasteiger partial charge in [-0.2, -0.15) is 0 Å². The van der Waals surface area contributed by atoms with Crippen LogP contribution in [0.15, 0.2) is 36.7 Å². The molecule has 3 aliphatic rings. The number of nitrogens with zero attached hydrogens (tertiary/aromatic N) is 5. The first-order valence-corrected chi connectivity index (χ1v) is 10.1. The summed E-state index contributed by atoms with van der Waals surface area (Å²) in [4.78, 5) is 27.6. The molecule has 0 unspecified atom stereocenters. The molecule has 1 aromatic carbocycles. The van der Waals surface area contributed by atoms with E-state index in [1.54, 1.807) is 4.90 Å². The molecule has 0 saturated carbocycles. The topological polar surface area (TPSA) is 102 Å². The van der Waals surface area contributed by atoms with Crippen molar-refractivity contribution in [2.24, 2.45) is 5.41 Å². The van der Waals surface area contributed by atoms with Gasteiger partial charge in [0.05, 0.1) is 23.7 Å². The molecule has 29 heavy (non-hydrogen) atoms. The molecule has 0 spiro atoms. The number of aromatic nitrogens is 4. The number of rotatable bonds is 6. The van der Waals surface area contributed by atoms with E-state index in [0.29, 0.717) is 19.5 Å². The van der Waals surface area contributed by atoms with E-state index in [0.717, 1.165) is 24.8 Å². The van der Waals surface area contributed by atoms with Crippen molar-refractivity contribution < 1.29 is 14.3 Å². The van der Waals surface area contributed by atoms with E-state index in [9.17, 15) is 9.59 Å². The van der Waals surface area contributed by atoms with E-state index in [4.69, 9.17) is 4.74 Å². The maximum Gasteiger partial charge on any atom is 0.244 e. The number of fused-ring (bicyclic) bond motifs is 2. The normalized spacial score (nSPS) is 26.9. The van der Waals surface area contributed by atoms with Crippen LogP contribution in [0.4, 0.5) is 0 Å². The van der Waals surface area contributed by atoms with Crippen LogP contribution in [-0.4, -0.2) is 68.3 Å². The average molecular weight is 396 g/mol. The van der Waals surface area contributed by atoms with Crippen molar-refractivity contribution in [2.75, 3.05) is 13.1 Å². The lowest BCUT2D eigenvalue weighted by Gasteiger charge is -2.49. The SMILES string of the molecule is O=C(Cn1cnnn1)N1CC(Cc2ccccc2)(C(=O)N[C@@H]2C[C@@H]3CC[C@H]2O3)C1. The summed E-state index contributed by atoms with van der Waals surface area (Å²) in [7, 11) is 0. The third-order valence-electron chi connectivity index (χ3n) is 6.32. The number of carbonyl (C=O) groups is 2. The molecule has 2 aromatic rings. The zero-order valence-corrected chi connectivity index (χ0v) is 16.1. The van der Waals surface area contributed by atoms with Crippen LogP contribution in [0, 0.1) is 5.41 Å². The van der Waals surface area contributed by atoms with E-state index >= 15 is 0 Å². The summed E-state index contributed by atoms with van der Waals surface area (Å²) in [6.07, 6.45) is 5.43. The van der Waals surface area contributed by atoms with Gasteiger partial charge in [0.2, 0.25) is 11.8 Å². The van der Waals surface area contributed by atoms with E-state index < -0.39 is 5.41 Å². The van der Waals surface area contributed by atoms with Gasteiger partial charge in [0.15, 0.2) is 0 Å². The predicted octanol–water partition coefficient (Wildman–Crippen LogP) is 0.181. The van der Waals surface area contributed by atoms with E-state index in [1.807, 2.05) is 30.3 Å². The van der Waals surface area contributed by atoms with Crippen LogP contribution in [0.2, 0.25) is 0 Å². The van der Waals surface area contributed by atoms with Gasteiger partial charge in [0, 0.05) is 13.1 Å². The monoisotopic (exact) mass is 396 g/mol. The van der Waals surface area contributed by atoms with Crippen molar-refractivity contribution >= 4 is 11.8 Å². The highest BCUT2D eigenvalue weighted by Gasteiger charge is 2.52. The minimum atomic E-state index is -0.612. The summed E-state index contributed by atoms with van der Waals surface area (Å²) >= 11 is 0. The zero-order chi connectivity index (χ0) is 19.8. The van der Waals surface area contributed by atoms with Gasteiger partial charge in [-0.1, -0.05) is 30.3 Å². The minimum Gasteiger partial charge on any atom is -0.373 e. The minimum absolute atomic E-state index is 0.0222. The number of nitrogens with one attached hydrogen (secondary N) is 1. The molecule has 0 radical (unpaired) electrons. The Labute approximate surface area is 168 Å². The molecule has 3 fully saturated rings. The quantitative estimate of drug-likeness (QED) is 0.747. The number of likely N-dealkylation sites (tertiary alicyclic amines) is 1. The summed E-state index contributed by atoms with van der Waals surface area (Å²) in [6.45, 7) is 0.878. The molecule has 5 rings (SSSR count). The fraction of sp³-hybridized carbons (Fsp3) is 0.550. The second kappa shape index (κ2) is 7.22. The molecule has 3 atom stereocenters. The van der Waals surface area contributed by atoms with E-state index in [-0.39, 0.29) is 36.6 Å². The molecule has 3 saturated heterocycles. The molecule has 9 heteroatoms. The fourth-order valence-corrected chi connectivity index (χ4v) is 4.79. The predicted molar refractivity (Wildman–Crippen MR) is 101 cm³/mol. The van der Waals surface area contributed by atoms with Gasteiger partial charge in [-0.05, 0) is 41.7 Å². The summed E-state index contributed by atoms with van der Waals surface area (Å²) in [5.41, 5.74) is 0.485. The fourth-order valence-electron chi connectivity index (χ4n) is 4.79.